The first-order chi connectivity index (χ1) is 8.81. The van der Waals surface area contributed by atoms with Crippen LogP contribution in [0.2, 0.25) is 0 Å². The second-order valence-corrected chi connectivity index (χ2v) is 5.00. The molecule has 0 aromatic heterocycles. The molecule has 0 rings (SSSR count). The van der Waals surface area contributed by atoms with Gasteiger partial charge in [-0.15, -0.1) is 0 Å². The third kappa shape index (κ3) is 6.11. The number of halogens is 10. The van der Waals surface area contributed by atoms with Crippen LogP contribution in [0.15, 0.2) is 0 Å². The van der Waals surface area contributed by atoms with Crippen molar-refractivity contribution in [2.75, 3.05) is 13.1 Å². The van der Waals surface area contributed by atoms with Crippen LogP contribution in [-0.4, -0.2) is 54.6 Å². The third-order valence-electron chi connectivity index (χ3n) is 1.90. The molecule has 0 aliphatic carbocycles. The van der Waals surface area contributed by atoms with Gasteiger partial charge >= 0.3 is 43.1 Å². The van der Waals surface area contributed by atoms with Crippen molar-refractivity contribution in [2.24, 2.45) is 0 Å². The Morgan fingerprint density at radius 2 is 0.955 bits per heavy atom. The first-order valence-corrected chi connectivity index (χ1v) is 5.78. The number of nitrogens with zero attached hydrogens (tertiary/aromatic N) is 1. The second-order valence-electron chi connectivity index (χ2n) is 3.63. The first-order valence-electron chi connectivity index (χ1n) is 4.41. The van der Waals surface area contributed by atoms with Crippen molar-refractivity contribution in [1.29, 1.82) is 0 Å². The van der Waals surface area contributed by atoms with Gasteiger partial charge in [-0.2, -0.15) is 48.2 Å². The van der Waals surface area contributed by atoms with Crippen molar-refractivity contribution in [3.8, 4) is 0 Å². The van der Waals surface area contributed by atoms with E-state index in [2.05, 4.69) is 0 Å². The van der Waals surface area contributed by atoms with Gasteiger partial charge in [-0.25, -0.2) is 8.42 Å². The molecule has 4 nitrogen and oxygen atoms in total. The van der Waals surface area contributed by atoms with Crippen LogP contribution in [0.3, 0.4) is 0 Å². The molecule has 0 aliphatic rings. The summed E-state index contributed by atoms with van der Waals surface area (Å²) in [7, 11) is -6.43. The summed E-state index contributed by atoms with van der Waals surface area (Å²) >= 11 is 0. The average Bonchev–Trinajstić information content (AvgIpc) is 2.10. The predicted octanol–water partition coefficient (Wildman–Crippen LogP) is -0.852. The van der Waals surface area contributed by atoms with Crippen LogP contribution in [0.4, 0.5) is 43.9 Å². The number of rotatable bonds is 5. The van der Waals surface area contributed by atoms with E-state index in [1.54, 1.807) is 0 Å². The molecule has 0 N–H and O–H groups in total. The number of alkyl halides is 10. The van der Waals surface area contributed by atoms with Crippen molar-refractivity contribution < 1.29 is 75.7 Å². The molecular formula is C6H4F10LiNO3S. The van der Waals surface area contributed by atoms with Gasteiger partial charge < -0.3 is 4.55 Å². The molecule has 128 valence electrons. The summed E-state index contributed by atoms with van der Waals surface area (Å²) in [4.78, 5) is 0. The van der Waals surface area contributed by atoms with E-state index in [0.29, 0.717) is 0 Å². The monoisotopic (exact) mass is 367 g/mol. The normalized spacial score (nSPS) is 14.9. The minimum atomic E-state index is -6.45. The molecule has 0 aromatic carbocycles. The molecule has 0 unspecified atom stereocenters. The number of hydrogen-bond acceptors (Lipinski definition) is 3. The zero-order valence-corrected chi connectivity index (χ0v) is 11.1. The maximum Gasteiger partial charge on any atom is 1.00 e. The molecule has 22 heavy (non-hydrogen) atoms. The van der Waals surface area contributed by atoms with Gasteiger partial charge in [0.05, 0.1) is 13.1 Å². The van der Waals surface area contributed by atoms with E-state index in [1.807, 2.05) is 0 Å². The first kappa shape index (κ1) is 24.0. The molecule has 0 saturated carbocycles. The number of hydrogen-bond donors (Lipinski definition) is 0. The summed E-state index contributed by atoms with van der Waals surface area (Å²) in [5.74, 6) is -12.0. The summed E-state index contributed by atoms with van der Waals surface area (Å²) < 4.78 is 150. The third-order valence-corrected chi connectivity index (χ3v) is 2.79. The van der Waals surface area contributed by atoms with Gasteiger partial charge in [0.1, 0.15) is 0 Å². The largest absolute Gasteiger partial charge is 1.00 e. The van der Waals surface area contributed by atoms with Crippen molar-refractivity contribution in [3.63, 3.8) is 0 Å². The fourth-order valence-electron chi connectivity index (χ4n) is 0.836. The zero-order valence-electron chi connectivity index (χ0n) is 10.3. The molecule has 0 radical (unpaired) electrons. The Balaban J connectivity index is 0. The van der Waals surface area contributed by atoms with E-state index in [4.69, 9.17) is 0 Å². The fraction of sp³-hybridized carbons (Fsp3) is 1.00. The Morgan fingerprint density at radius 3 is 1.09 bits per heavy atom. The summed E-state index contributed by atoms with van der Waals surface area (Å²) in [5.41, 5.74) is 0. The topological polar surface area (TPSA) is 60.4 Å². The van der Waals surface area contributed by atoms with E-state index in [1.165, 1.54) is 0 Å². The van der Waals surface area contributed by atoms with E-state index < -0.39 is 51.9 Å². The Labute approximate surface area is 128 Å². The average molecular weight is 367 g/mol. The molecule has 0 amide bonds. The van der Waals surface area contributed by atoms with Gasteiger partial charge in [0.2, 0.25) is 0 Å². The second kappa shape index (κ2) is 6.71. The SMILES string of the molecule is O=S(=O)([O-])N(CC(F)(F)C(F)(F)F)CC(F)(F)C(F)(F)F.[Li+]. The quantitative estimate of drug-likeness (QED) is 0.361. The van der Waals surface area contributed by atoms with E-state index in [0.717, 1.165) is 0 Å². The molecule has 0 bridgehead atoms. The fourth-order valence-corrected chi connectivity index (χ4v) is 1.48. The smallest absolute Gasteiger partial charge is 0.735 e. The molecular weight excluding hydrogens is 363 g/mol. The molecule has 0 atom stereocenters. The van der Waals surface area contributed by atoms with Crippen molar-refractivity contribution in [1.82, 2.24) is 4.31 Å². The Bertz CT molecular complexity index is 444. The van der Waals surface area contributed by atoms with Crippen molar-refractivity contribution in [3.05, 3.63) is 0 Å². The van der Waals surface area contributed by atoms with Crippen LogP contribution >= 0.6 is 0 Å². The van der Waals surface area contributed by atoms with Crippen LogP contribution in [0.25, 0.3) is 0 Å². The standard InChI is InChI=1S/C6H5F10NO3S.Li/c7-3(8,5(11,12)13)1-17(21(18,19)20)2-4(9,10)6(14,15)16;/h1-2H2,(H,18,19,20);/q;+1/p-1. The van der Waals surface area contributed by atoms with E-state index >= 15 is 0 Å². The van der Waals surface area contributed by atoms with Gasteiger partial charge in [-0.3, -0.25) is 0 Å². The van der Waals surface area contributed by atoms with Crippen molar-refractivity contribution >= 4 is 10.3 Å². The molecule has 0 fully saturated rings. The Kier molecular flexibility index (Phi) is 7.33. The Hall–Kier alpha value is -0.233. The van der Waals surface area contributed by atoms with Crippen LogP contribution in [0.1, 0.15) is 0 Å². The van der Waals surface area contributed by atoms with Crippen LogP contribution in [0.5, 0.6) is 0 Å². The van der Waals surface area contributed by atoms with Crippen molar-refractivity contribution in [2.45, 2.75) is 24.2 Å². The van der Waals surface area contributed by atoms with Gasteiger partial charge in [0, 0.05) is 0 Å². The predicted molar refractivity (Wildman–Crippen MR) is 43.3 cm³/mol. The maximum atomic E-state index is 12.5. The van der Waals surface area contributed by atoms with Crippen LogP contribution < -0.4 is 18.9 Å². The van der Waals surface area contributed by atoms with E-state index in [9.17, 15) is 56.9 Å². The van der Waals surface area contributed by atoms with Gasteiger partial charge in [-0.1, -0.05) is 0 Å². The molecule has 0 saturated heterocycles. The molecule has 16 heteroatoms. The van der Waals surface area contributed by atoms with E-state index in [-0.39, 0.29) is 18.9 Å². The van der Waals surface area contributed by atoms with Gasteiger partial charge in [-0.05, 0) is 0 Å². The van der Waals surface area contributed by atoms with Gasteiger partial charge in [0.25, 0.3) is 0 Å². The zero-order chi connectivity index (χ0) is 17.5. The van der Waals surface area contributed by atoms with Crippen LogP contribution in [-0.2, 0) is 10.3 Å². The summed E-state index contributed by atoms with van der Waals surface area (Å²) in [5, 5.41) is 0. The molecule has 0 aromatic rings. The minimum absolute atomic E-state index is 0. The minimum Gasteiger partial charge on any atom is -0.735 e. The molecule has 0 aliphatic heterocycles. The maximum absolute atomic E-state index is 12.5. The van der Waals surface area contributed by atoms with Crippen LogP contribution in [0, 0.1) is 0 Å². The molecule has 0 heterocycles. The molecule has 0 spiro atoms. The summed E-state index contributed by atoms with van der Waals surface area (Å²) in [6.07, 6.45) is -12.9. The summed E-state index contributed by atoms with van der Waals surface area (Å²) in [6.45, 7) is -6.40. The summed E-state index contributed by atoms with van der Waals surface area (Å²) in [6, 6.07) is 0. The van der Waals surface area contributed by atoms with Gasteiger partial charge in [0.15, 0.2) is 10.3 Å². The Morgan fingerprint density at radius 1 is 0.727 bits per heavy atom.